The minimum Gasteiger partial charge on any atom is -0.495 e. The first-order chi connectivity index (χ1) is 12.0. The van der Waals surface area contributed by atoms with Gasteiger partial charge < -0.3 is 15.8 Å². The van der Waals surface area contributed by atoms with Gasteiger partial charge in [-0.3, -0.25) is 9.59 Å². The van der Waals surface area contributed by atoms with Crippen molar-refractivity contribution >= 4 is 28.9 Å². The van der Waals surface area contributed by atoms with E-state index in [9.17, 15) is 9.59 Å². The van der Waals surface area contributed by atoms with Crippen molar-refractivity contribution in [2.75, 3.05) is 18.2 Å². The summed E-state index contributed by atoms with van der Waals surface area (Å²) in [5, 5.41) is 6.68. The van der Waals surface area contributed by atoms with Crippen molar-refractivity contribution in [2.45, 2.75) is 13.3 Å². The first kappa shape index (κ1) is 18.0. The van der Waals surface area contributed by atoms with Gasteiger partial charge >= 0.3 is 0 Å². The maximum Gasteiger partial charge on any atom is 0.273 e. The lowest BCUT2D eigenvalue weighted by atomic mass is 10.2. The van der Waals surface area contributed by atoms with E-state index in [2.05, 4.69) is 15.8 Å². The van der Waals surface area contributed by atoms with Crippen LogP contribution in [0, 0.1) is 0 Å². The lowest BCUT2D eigenvalue weighted by Crippen LogP contribution is -2.22. The Morgan fingerprint density at radius 2 is 1.80 bits per heavy atom. The summed E-state index contributed by atoms with van der Waals surface area (Å²) in [6.07, 6.45) is 0.0304. The number of nitrogens with one attached hydrogen (secondary N) is 2. The van der Waals surface area contributed by atoms with Crippen molar-refractivity contribution in [1.82, 2.24) is 5.43 Å². The fourth-order valence-corrected chi connectivity index (χ4v) is 2.12. The number of carbonyl (C=O) groups excluding carboxylic acids is 2. The Bertz CT molecular complexity index is 802. The Morgan fingerprint density at radius 1 is 1.12 bits per heavy atom. The molecule has 7 heteroatoms. The second kappa shape index (κ2) is 8.49. The van der Waals surface area contributed by atoms with Crippen LogP contribution in [0.2, 0.25) is 0 Å². The number of ether oxygens (including phenoxy) is 1. The molecule has 0 unspecified atom stereocenters. The van der Waals surface area contributed by atoms with E-state index in [1.807, 2.05) is 6.07 Å². The molecule has 2 aromatic rings. The normalized spacial score (nSPS) is 10.9. The SMILES string of the molecule is COc1ccccc1NC(=O)C/C(C)=N\NC(=O)c1ccccc1N. The molecule has 0 radical (unpaired) electrons. The molecule has 130 valence electrons. The van der Waals surface area contributed by atoms with Crippen LogP contribution < -0.4 is 21.2 Å². The van der Waals surface area contributed by atoms with Gasteiger partial charge in [0, 0.05) is 11.4 Å². The van der Waals surface area contributed by atoms with Crippen LogP contribution in [-0.2, 0) is 4.79 Å². The van der Waals surface area contributed by atoms with E-state index in [0.29, 0.717) is 28.4 Å². The number of nitrogens with zero attached hydrogens (tertiary/aromatic N) is 1. The monoisotopic (exact) mass is 340 g/mol. The smallest absolute Gasteiger partial charge is 0.273 e. The van der Waals surface area contributed by atoms with Gasteiger partial charge in [0.25, 0.3) is 5.91 Å². The lowest BCUT2D eigenvalue weighted by Gasteiger charge is -2.09. The second-order valence-electron chi connectivity index (χ2n) is 5.30. The van der Waals surface area contributed by atoms with Gasteiger partial charge in [-0.05, 0) is 31.2 Å². The van der Waals surface area contributed by atoms with Crippen LogP contribution in [0.25, 0.3) is 0 Å². The molecule has 0 aliphatic heterocycles. The minimum atomic E-state index is -0.428. The van der Waals surface area contributed by atoms with Gasteiger partial charge in [0.05, 0.1) is 24.8 Å². The van der Waals surface area contributed by atoms with Crippen molar-refractivity contribution < 1.29 is 14.3 Å². The van der Waals surface area contributed by atoms with E-state index >= 15 is 0 Å². The molecule has 4 N–H and O–H groups in total. The number of benzene rings is 2. The van der Waals surface area contributed by atoms with Gasteiger partial charge in [0.1, 0.15) is 5.75 Å². The van der Waals surface area contributed by atoms with Crippen LogP contribution in [0.4, 0.5) is 11.4 Å². The van der Waals surface area contributed by atoms with Crippen molar-refractivity contribution in [3.05, 3.63) is 54.1 Å². The summed E-state index contributed by atoms with van der Waals surface area (Å²) < 4.78 is 5.18. The third-order valence-corrected chi connectivity index (χ3v) is 3.35. The molecule has 0 aromatic heterocycles. The molecule has 0 aliphatic carbocycles. The van der Waals surface area contributed by atoms with Gasteiger partial charge in [-0.2, -0.15) is 5.10 Å². The maximum atomic E-state index is 12.1. The fourth-order valence-electron chi connectivity index (χ4n) is 2.12. The zero-order chi connectivity index (χ0) is 18.2. The van der Waals surface area contributed by atoms with Crippen LogP contribution in [0.5, 0.6) is 5.75 Å². The van der Waals surface area contributed by atoms with Crippen LogP contribution in [0.3, 0.4) is 0 Å². The molecule has 0 saturated heterocycles. The highest BCUT2D eigenvalue weighted by Gasteiger charge is 2.10. The molecule has 0 aliphatic rings. The predicted octanol–water partition coefficient (Wildman–Crippen LogP) is 2.41. The molecule has 0 spiro atoms. The third-order valence-electron chi connectivity index (χ3n) is 3.35. The highest BCUT2D eigenvalue weighted by atomic mass is 16.5. The maximum absolute atomic E-state index is 12.1. The number of carbonyl (C=O) groups is 2. The Balaban J connectivity index is 1.93. The number of anilines is 2. The summed E-state index contributed by atoms with van der Waals surface area (Å²) in [6.45, 7) is 1.65. The molecule has 0 atom stereocenters. The third kappa shape index (κ3) is 5.07. The summed E-state index contributed by atoms with van der Waals surface area (Å²) in [7, 11) is 1.53. The van der Waals surface area contributed by atoms with Gasteiger partial charge in [0.2, 0.25) is 5.91 Å². The number of para-hydroxylation sites is 3. The second-order valence-corrected chi connectivity index (χ2v) is 5.30. The van der Waals surface area contributed by atoms with Crippen molar-refractivity contribution in [3.8, 4) is 5.75 Å². The zero-order valence-corrected chi connectivity index (χ0v) is 14.1. The van der Waals surface area contributed by atoms with Crippen molar-refractivity contribution in [3.63, 3.8) is 0 Å². The number of amides is 2. The summed E-state index contributed by atoms with van der Waals surface area (Å²) in [4.78, 5) is 24.1. The Labute approximate surface area is 145 Å². The van der Waals surface area contributed by atoms with Crippen LogP contribution in [0.15, 0.2) is 53.6 Å². The Kier molecular flexibility index (Phi) is 6.11. The van der Waals surface area contributed by atoms with Gasteiger partial charge in [-0.1, -0.05) is 24.3 Å². The molecule has 0 fully saturated rings. The van der Waals surface area contributed by atoms with E-state index in [0.717, 1.165) is 0 Å². The molecule has 0 saturated carbocycles. The van der Waals surface area contributed by atoms with Gasteiger partial charge in [-0.15, -0.1) is 0 Å². The first-order valence-electron chi connectivity index (χ1n) is 7.62. The summed E-state index contributed by atoms with van der Waals surface area (Å²) >= 11 is 0. The van der Waals surface area contributed by atoms with Gasteiger partial charge in [-0.25, -0.2) is 5.43 Å². The number of hydrazone groups is 1. The van der Waals surface area contributed by atoms with E-state index in [-0.39, 0.29) is 12.3 Å². The standard InChI is InChI=1S/C18H20N4O3/c1-12(21-22-18(24)13-7-3-4-8-14(13)19)11-17(23)20-15-9-5-6-10-16(15)25-2/h3-10H,11,19H2,1-2H3,(H,20,23)(H,22,24)/b21-12-. The summed E-state index contributed by atoms with van der Waals surface area (Å²) in [6, 6.07) is 13.8. The number of methoxy groups -OCH3 is 1. The molecular formula is C18H20N4O3. The quantitative estimate of drug-likeness (QED) is 0.426. The number of hydrogen-bond donors (Lipinski definition) is 3. The Hall–Kier alpha value is -3.35. The summed E-state index contributed by atoms with van der Waals surface area (Å²) in [5.74, 6) is -0.125. The van der Waals surface area contributed by atoms with Crippen LogP contribution in [-0.4, -0.2) is 24.6 Å². The average molecular weight is 340 g/mol. The summed E-state index contributed by atoms with van der Waals surface area (Å²) in [5.41, 5.74) is 9.85. The number of nitrogens with two attached hydrogens (primary N) is 1. The first-order valence-corrected chi connectivity index (χ1v) is 7.62. The molecule has 0 bridgehead atoms. The minimum absolute atomic E-state index is 0.0304. The fraction of sp³-hybridized carbons (Fsp3) is 0.167. The Morgan fingerprint density at radius 3 is 2.52 bits per heavy atom. The van der Waals surface area contributed by atoms with E-state index in [1.165, 1.54) is 7.11 Å². The molecule has 2 aromatic carbocycles. The van der Waals surface area contributed by atoms with E-state index in [1.54, 1.807) is 49.4 Å². The molecule has 0 heterocycles. The molecular weight excluding hydrogens is 320 g/mol. The predicted molar refractivity (Wildman–Crippen MR) is 97.7 cm³/mol. The topological polar surface area (TPSA) is 106 Å². The molecule has 2 rings (SSSR count). The van der Waals surface area contributed by atoms with E-state index < -0.39 is 5.91 Å². The molecule has 7 nitrogen and oxygen atoms in total. The molecule has 25 heavy (non-hydrogen) atoms. The van der Waals surface area contributed by atoms with Gasteiger partial charge in [0.15, 0.2) is 0 Å². The average Bonchev–Trinajstić information content (AvgIpc) is 2.60. The number of hydrogen-bond acceptors (Lipinski definition) is 5. The van der Waals surface area contributed by atoms with Crippen molar-refractivity contribution in [1.29, 1.82) is 0 Å². The van der Waals surface area contributed by atoms with Crippen molar-refractivity contribution in [2.24, 2.45) is 5.10 Å². The number of nitrogen functional groups attached to an aromatic ring is 1. The number of rotatable bonds is 6. The highest BCUT2D eigenvalue weighted by molar-refractivity contribution is 6.06. The zero-order valence-electron chi connectivity index (χ0n) is 14.1. The van der Waals surface area contributed by atoms with E-state index in [4.69, 9.17) is 10.5 Å². The van der Waals surface area contributed by atoms with Crippen LogP contribution >= 0.6 is 0 Å². The van der Waals surface area contributed by atoms with Crippen LogP contribution in [0.1, 0.15) is 23.7 Å². The lowest BCUT2D eigenvalue weighted by molar-refractivity contribution is -0.115. The largest absolute Gasteiger partial charge is 0.495 e. The highest BCUT2D eigenvalue weighted by Crippen LogP contribution is 2.23. The molecule has 2 amide bonds.